The summed E-state index contributed by atoms with van der Waals surface area (Å²) in [5, 5.41) is 4.18. The highest BCUT2D eigenvalue weighted by molar-refractivity contribution is 7.88. The number of nitrogens with zero attached hydrogens (tertiary/aromatic N) is 3. The second-order valence-corrected chi connectivity index (χ2v) is 11.0. The van der Waals surface area contributed by atoms with E-state index in [1.54, 1.807) is 24.3 Å². The van der Waals surface area contributed by atoms with Crippen LogP contribution in [0, 0.1) is 20.8 Å². The third-order valence-electron chi connectivity index (χ3n) is 4.87. The van der Waals surface area contributed by atoms with Crippen LogP contribution in [-0.4, -0.2) is 42.9 Å². The lowest BCUT2D eigenvalue weighted by Gasteiger charge is -2.08. The van der Waals surface area contributed by atoms with Crippen molar-refractivity contribution in [2.75, 3.05) is 14.1 Å². The van der Waals surface area contributed by atoms with Crippen LogP contribution >= 0.6 is 11.3 Å². The highest BCUT2D eigenvalue weighted by atomic mass is 32.2. The summed E-state index contributed by atoms with van der Waals surface area (Å²) in [7, 11) is -0.905. The van der Waals surface area contributed by atoms with Gasteiger partial charge in [-0.2, -0.15) is 0 Å². The van der Waals surface area contributed by atoms with Gasteiger partial charge in [0.05, 0.1) is 22.3 Å². The third-order valence-corrected chi connectivity index (χ3v) is 7.53. The van der Waals surface area contributed by atoms with E-state index in [2.05, 4.69) is 10.1 Å². The summed E-state index contributed by atoms with van der Waals surface area (Å²) in [6, 6.07) is 6.45. The van der Waals surface area contributed by atoms with Crippen molar-refractivity contribution in [1.29, 1.82) is 0 Å². The predicted octanol–water partition coefficient (Wildman–Crippen LogP) is 4.08. The van der Waals surface area contributed by atoms with Crippen molar-refractivity contribution in [3.63, 3.8) is 0 Å². The normalized spacial score (nSPS) is 12.1. The van der Waals surface area contributed by atoms with Crippen LogP contribution in [0.25, 0.3) is 22.4 Å². The summed E-state index contributed by atoms with van der Waals surface area (Å²) in [5.74, 6) is -0.418. The molecule has 0 aliphatic heterocycles. The minimum atomic E-state index is -3.71. The lowest BCUT2D eigenvalue weighted by Crippen LogP contribution is -2.21. The molecule has 0 aliphatic carbocycles. The molecule has 0 atom stereocenters. The molecule has 0 saturated heterocycles. The molecule has 0 aliphatic rings. The van der Waals surface area contributed by atoms with Gasteiger partial charge in [0.2, 0.25) is 5.09 Å². The van der Waals surface area contributed by atoms with Crippen molar-refractivity contribution in [2.24, 2.45) is 0 Å². The molecule has 11 heteroatoms. The first-order valence-corrected chi connectivity index (χ1v) is 11.9. The summed E-state index contributed by atoms with van der Waals surface area (Å²) in [6.45, 7) is 5.47. The zero-order valence-corrected chi connectivity index (χ0v) is 19.8. The number of esters is 1. The lowest BCUT2D eigenvalue weighted by molar-refractivity contribution is 0.0443. The van der Waals surface area contributed by atoms with E-state index in [1.165, 1.54) is 26.2 Å². The molecule has 0 saturated carbocycles. The van der Waals surface area contributed by atoms with Crippen molar-refractivity contribution in [3.05, 3.63) is 51.0 Å². The first-order chi connectivity index (χ1) is 15.1. The number of hydrogen-bond donors (Lipinski definition) is 0. The molecule has 0 spiro atoms. The van der Waals surface area contributed by atoms with Gasteiger partial charge in [0.15, 0.2) is 0 Å². The molecule has 0 fully saturated rings. The van der Waals surface area contributed by atoms with Gasteiger partial charge in [0, 0.05) is 29.4 Å². The number of carbonyl (C=O) groups is 1. The first kappa shape index (κ1) is 22.2. The van der Waals surface area contributed by atoms with E-state index >= 15 is 0 Å². The molecule has 4 rings (SSSR count). The van der Waals surface area contributed by atoms with Crippen molar-refractivity contribution in [1.82, 2.24) is 14.4 Å². The number of fused-ring (bicyclic) bond motifs is 1. The van der Waals surface area contributed by atoms with E-state index in [-0.39, 0.29) is 28.7 Å². The van der Waals surface area contributed by atoms with Crippen molar-refractivity contribution in [2.45, 2.75) is 32.5 Å². The Labute approximate surface area is 188 Å². The average molecular weight is 476 g/mol. The van der Waals surface area contributed by atoms with Crippen LogP contribution in [0.3, 0.4) is 0 Å². The molecule has 168 valence electrons. The number of aryl methyl sites for hydroxylation is 3. The SMILES string of the molecule is Cc1cc(-c2cc(C(=O)OCc3ccc(S(=O)(=O)N(C)C)o3)c3c(C)noc3n2)c(C)s1. The summed E-state index contributed by atoms with van der Waals surface area (Å²) < 4.78 is 41.5. The Morgan fingerprint density at radius 1 is 1.19 bits per heavy atom. The van der Waals surface area contributed by atoms with Gasteiger partial charge < -0.3 is 13.7 Å². The Morgan fingerprint density at radius 2 is 1.94 bits per heavy atom. The zero-order valence-electron chi connectivity index (χ0n) is 18.1. The van der Waals surface area contributed by atoms with E-state index in [9.17, 15) is 13.2 Å². The number of rotatable bonds is 6. The van der Waals surface area contributed by atoms with Crippen LogP contribution < -0.4 is 0 Å². The molecule has 9 nitrogen and oxygen atoms in total. The second-order valence-electron chi connectivity index (χ2n) is 7.41. The van der Waals surface area contributed by atoms with Crippen molar-refractivity contribution < 1.29 is 26.9 Å². The largest absolute Gasteiger partial charge is 0.454 e. The number of carbonyl (C=O) groups excluding carboxylic acids is 1. The van der Waals surface area contributed by atoms with E-state index in [1.807, 2.05) is 19.9 Å². The summed E-state index contributed by atoms with van der Waals surface area (Å²) in [5.41, 5.74) is 2.51. The zero-order chi connectivity index (χ0) is 23.2. The van der Waals surface area contributed by atoms with Crippen LogP contribution in [0.15, 0.2) is 38.3 Å². The number of sulfonamides is 1. The first-order valence-electron chi connectivity index (χ1n) is 9.60. The maximum absolute atomic E-state index is 13.0. The van der Waals surface area contributed by atoms with Crippen LogP contribution in [0.2, 0.25) is 0 Å². The third kappa shape index (κ3) is 3.94. The Balaban J connectivity index is 1.65. The number of ether oxygens (including phenoxy) is 1. The number of aromatic nitrogens is 2. The van der Waals surface area contributed by atoms with Crippen LogP contribution in [0.1, 0.15) is 31.6 Å². The van der Waals surface area contributed by atoms with Crippen LogP contribution in [0.5, 0.6) is 0 Å². The number of furan rings is 1. The van der Waals surface area contributed by atoms with Gasteiger partial charge in [-0.3, -0.25) is 0 Å². The van der Waals surface area contributed by atoms with Gasteiger partial charge >= 0.3 is 5.97 Å². The Hall–Kier alpha value is -3.02. The standard InChI is InChI=1S/C21H21N3O6S2/c1-11-8-15(13(3)31-11)17-9-16(19-12(2)23-30-20(19)22-17)21(25)28-10-14-6-7-18(29-14)32(26,27)24(4)5/h6-9H,10H2,1-5H3. The summed E-state index contributed by atoms with van der Waals surface area (Å²) >= 11 is 1.64. The van der Waals surface area contributed by atoms with Gasteiger partial charge in [-0.25, -0.2) is 22.5 Å². The van der Waals surface area contributed by atoms with E-state index in [4.69, 9.17) is 13.7 Å². The maximum Gasteiger partial charge on any atom is 0.339 e. The Bertz CT molecular complexity index is 1430. The minimum Gasteiger partial charge on any atom is -0.454 e. The molecule has 0 radical (unpaired) electrons. The van der Waals surface area contributed by atoms with Crippen molar-refractivity contribution in [3.8, 4) is 11.3 Å². The molecule has 32 heavy (non-hydrogen) atoms. The fourth-order valence-electron chi connectivity index (χ4n) is 3.25. The fourth-order valence-corrected chi connectivity index (χ4v) is 4.99. The van der Waals surface area contributed by atoms with Gasteiger partial charge in [-0.05, 0) is 45.0 Å². The monoisotopic (exact) mass is 475 g/mol. The van der Waals surface area contributed by atoms with Crippen molar-refractivity contribution >= 4 is 38.4 Å². The Morgan fingerprint density at radius 3 is 2.59 bits per heavy atom. The van der Waals surface area contributed by atoms with Gasteiger partial charge in [-0.1, -0.05) is 5.16 Å². The molecule has 0 bridgehead atoms. The molecule has 0 N–H and O–H groups in total. The number of hydrogen-bond acceptors (Lipinski definition) is 9. The highest BCUT2D eigenvalue weighted by Crippen LogP contribution is 2.33. The maximum atomic E-state index is 13.0. The fraction of sp³-hybridized carbons (Fsp3) is 0.286. The van der Waals surface area contributed by atoms with E-state index < -0.39 is 16.0 Å². The molecule has 0 amide bonds. The predicted molar refractivity (Wildman–Crippen MR) is 118 cm³/mol. The lowest BCUT2D eigenvalue weighted by atomic mass is 10.1. The molecular weight excluding hydrogens is 454 g/mol. The van der Waals surface area contributed by atoms with E-state index in [0.717, 1.165) is 19.6 Å². The molecule has 4 heterocycles. The summed E-state index contributed by atoms with van der Waals surface area (Å²) in [4.78, 5) is 19.7. The highest BCUT2D eigenvalue weighted by Gasteiger charge is 2.24. The van der Waals surface area contributed by atoms with Gasteiger partial charge in [0.1, 0.15) is 12.4 Å². The number of thiophene rings is 1. The van der Waals surface area contributed by atoms with Crippen LogP contribution in [-0.2, 0) is 21.4 Å². The smallest absolute Gasteiger partial charge is 0.339 e. The quantitative estimate of drug-likeness (QED) is 0.383. The molecule has 0 aromatic carbocycles. The van der Waals surface area contributed by atoms with Gasteiger partial charge in [0.25, 0.3) is 15.7 Å². The van der Waals surface area contributed by atoms with Gasteiger partial charge in [-0.15, -0.1) is 11.3 Å². The second kappa shape index (κ2) is 8.15. The molecule has 4 aromatic heterocycles. The molecule has 4 aromatic rings. The van der Waals surface area contributed by atoms with E-state index in [0.29, 0.717) is 16.8 Å². The van der Waals surface area contributed by atoms with Crippen LogP contribution in [0.4, 0.5) is 0 Å². The number of pyridine rings is 1. The summed E-state index contributed by atoms with van der Waals surface area (Å²) in [6.07, 6.45) is 0. The average Bonchev–Trinajstić information content (AvgIpc) is 3.44. The topological polar surface area (TPSA) is 116 Å². The molecular formula is C21H21N3O6S2. The minimum absolute atomic E-state index is 0.204. The molecule has 0 unspecified atom stereocenters. The Kier molecular flexibility index (Phi) is 5.65.